The van der Waals surface area contributed by atoms with Gasteiger partial charge in [-0.05, 0) is 24.3 Å². The van der Waals surface area contributed by atoms with Gasteiger partial charge in [-0.25, -0.2) is 0 Å². The van der Waals surface area contributed by atoms with Crippen LogP contribution in [0.25, 0.3) is 0 Å². The van der Waals surface area contributed by atoms with Gasteiger partial charge in [0.1, 0.15) is 6.07 Å². The van der Waals surface area contributed by atoms with Crippen molar-refractivity contribution in [3.63, 3.8) is 0 Å². The van der Waals surface area contributed by atoms with Crippen molar-refractivity contribution in [1.29, 1.82) is 5.26 Å². The fourth-order valence-corrected chi connectivity index (χ4v) is 1.62. The monoisotopic (exact) mass is 244 g/mol. The number of aromatic nitrogens is 2. The van der Waals surface area contributed by atoms with Gasteiger partial charge in [0.15, 0.2) is 0 Å². The molecule has 1 heterocycles. The van der Waals surface area contributed by atoms with Crippen LogP contribution in [-0.4, -0.2) is 10.2 Å². The Balaban J connectivity index is 2.15. The van der Waals surface area contributed by atoms with Crippen LogP contribution in [0.15, 0.2) is 36.5 Å². The largest absolute Gasteiger partial charge is 0.378 e. The zero-order chi connectivity index (χ0) is 12.1. The molecule has 0 saturated carbocycles. The van der Waals surface area contributed by atoms with Crippen LogP contribution in [-0.2, 0) is 6.54 Å². The third kappa shape index (κ3) is 2.71. The molecule has 0 unspecified atom stereocenters. The molecule has 0 spiro atoms. The third-order valence-corrected chi connectivity index (χ3v) is 2.53. The predicted molar refractivity (Wildman–Crippen MR) is 65.5 cm³/mol. The molecule has 1 aromatic heterocycles. The number of rotatable bonds is 3. The van der Waals surface area contributed by atoms with Crippen LogP contribution in [0, 0.1) is 11.3 Å². The molecular formula is C12H9ClN4. The normalized spacial score (nSPS) is 9.65. The molecule has 0 aliphatic carbocycles. The maximum atomic E-state index is 8.99. The summed E-state index contributed by atoms with van der Waals surface area (Å²) >= 11 is 5.92. The maximum Gasteiger partial charge on any atom is 0.103 e. The van der Waals surface area contributed by atoms with Crippen LogP contribution in [0.1, 0.15) is 11.3 Å². The van der Waals surface area contributed by atoms with E-state index in [1.807, 2.05) is 12.1 Å². The van der Waals surface area contributed by atoms with E-state index in [2.05, 4.69) is 21.6 Å². The molecule has 4 nitrogen and oxygen atoms in total. The molecule has 0 atom stereocenters. The first-order valence-electron chi connectivity index (χ1n) is 5.00. The quantitative estimate of drug-likeness (QED) is 0.902. The molecule has 0 aliphatic heterocycles. The van der Waals surface area contributed by atoms with E-state index in [1.54, 1.807) is 24.4 Å². The Kier molecular flexibility index (Phi) is 3.53. The lowest BCUT2D eigenvalue weighted by molar-refractivity contribution is 0.924. The molecule has 0 aliphatic rings. The summed E-state index contributed by atoms with van der Waals surface area (Å²) in [6.07, 6.45) is 1.61. The van der Waals surface area contributed by atoms with Gasteiger partial charge in [0.25, 0.3) is 0 Å². The van der Waals surface area contributed by atoms with E-state index < -0.39 is 0 Å². The molecular weight excluding hydrogens is 236 g/mol. The van der Waals surface area contributed by atoms with Crippen molar-refractivity contribution in [2.45, 2.75) is 6.54 Å². The molecule has 2 rings (SSSR count). The Hall–Kier alpha value is -2.12. The van der Waals surface area contributed by atoms with Crippen LogP contribution >= 0.6 is 11.6 Å². The van der Waals surface area contributed by atoms with Crippen LogP contribution in [0.5, 0.6) is 0 Å². The van der Waals surface area contributed by atoms with Crippen molar-refractivity contribution in [2.75, 3.05) is 5.32 Å². The van der Waals surface area contributed by atoms with Gasteiger partial charge in [0.2, 0.25) is 0 Å². The van der Waals surface area contributed by atoms with Gasteiger partial charge < -0.3 is 5.32 Å². The molecule has 17 heavy (non-hydrogen) atoms. The lowest BCUT2D eigenvalue weighted by atomic mass is 10.2. The van der Waals surface area contributed by atoms with Crippen molar-refractivity contribution in [1.82, 2.24) is 10.2 Å². The van der Waals surface area contributed by atoms with Crippen molar-refractivity contribution < 1.29 is 0 Å². The molecule has 2 aromatic rings. The van der Waals surface area contributed by atoms with Gasteiger partial charge in [0.05, 0.1) is 28.5 Å². The SMILES string of the molecule is N#Cc1c(Cl)cccc1NCc1cccnn1. The van der Waals surface area contributed by atoms with Crippen molar-refractivity contribution in [3.05, 3.63) is 52.8 Å². The van der Waals surface area contributed by atoms with E-state index in [9.17, 15) is 0 Å². The number of hydrogen-bond donors (Lipinski definition) is 1. The van der Waals surface area contributed by atoms with Crippen molar-refractivity contribution in [3.8, 4) is 6.07 Å². The first kappa shape index (κ1) is 11.4. The molecule has 1 aromatic carbocycles. The number of halogens is 1. The first-order chi connectivity index (χ1) is 8.31. The average Bonchev–Trinajstić information content (AvgIpc) is 2.37. The Morgan fingerprint density at radius 3 is 2.88 bits per heavy atom. The number of hydrogen-bond acceptors (Lipinski definition) is 4. The van der Waals surface area contributed by atoms with Crippen LogP contribution in [0.2, 0.25) is 5.02 Å². The highest BCUT2D eigenvalue weighted by atomic mass is 35.5. The standard InChI is InChI=1S/C12H9ClN4/c13-11-4-1-5-12(10(11)7-14)15-8-9-3-2-6-16-17-9/h1-6,15H,8H2. The second kappa shape index (κ2) is 5.28. The highest BCUT2D eigenvalue weighted by molar-refractivity contribution is 6.32. The smallest absolute Gasteiger partial charge is 0.103 e. The van der Waals surface area contributed by atoms with Gasteiger partial charge in [-0.1, -0.05) is 17.7 Å². The maximum absolute atomic E-state index is 8.99. The Labute approximate surface area is 104 Å². The van der Waals surface area contributed by atoms with E-state index in [4.69, 9.17) is 16.9 Å². The Bertz CT molecular complexity index is 548. The number of nitrogens with one attached hydrogen (secondary N) is 1. The highest BCUT2D eigenvalue weighted by Crippen LogP contribution is 2.23. The van der Waals surface area contributed by atoms with Gasteiger partial charge in [0, 0.05) is 6.20 Å². The van der Waals surface area contributed by atoms with Gasteiger partial charge in [-0.3, -0.25) is 0 Å². The average molecular weight is 245 g/mol. The topological polar surface area (TPSA) is 61.6 Å². The van der Waals surface area contributed by atoms with Crippen LogP contribution in [0.3, 0.4) is 0 Å². The zero-order valence-corrected chi connectivity index (χ0v) is 9.65. The molecule has 0 radical (unpaired) electrons. The van der Waals surface area contributed by atoms with E-state index in [-0.39, 0.29) is 0 Å². The van der Waals surface area contributed by atoms with Gasteiger partial charge in [-0.15, -0.1) is 0 Å². The summed E-state index contributed by atoms with van der Waals surface area (Å²) in [6.45, 7) is 0.503. The van der Waals surface area contributed by atoms with Crippen LogP contribution in [0.4, 0.5) is 5.69 Å². The molecule has 1 N–H and O–H groups in total. The molecule has 5 heteroatoms. The van der Waals surface area contributed by atoms with E-state index in [1.165, 1.54) is 0 Å². The fourth-order valence-electron chi connectivity index (χ4n) is 1.40. The Morgan fingerprint density at radius 2 is 2.18 bits per heavy atom. The molecule has 0 bridgehead atoms. The summed E-state index contributed by atoms with van der Waals surface area (Å²) in [6, 6.07) is 11.0. The van der Waals surface area contributed by atoms with Crippen molar-refractivity contribution in [2.24, 2.45) is 0 Å². The van der Waals surface area contributed by atoms with Crippen molar-refractivity contribution >= 4 is 17.3 Å². The number of nitriles is 1. The second-order valence-corrected chi connectivity index (χ2v) is 3.75. The minimum absolute atomic E-state index is 0.441. The summed E-state index contributed by atoms with van der Waals surface area (Å²) in [5.74, 6) is 0. The van der Waals surface area contributed by atoms with Gasteiger partial charge in [-0.2, -0.15) is 15.5 Å². The zero-order valence-electron chi connectivity index (χ0n) is 8.89. The third-order valence-electron chi connectivity index (χ3n) is 2.21. The van der Waals surface area contributed by atoms with Crippen LogP contribution < -0.4 is 5.32 Å². The molecule has 0 fully saturated rings. The number of nitrogens with zero attached hydrogens (tertiary/aromatic N) is 3. The summed E-state index contributed by atoms with van der Waals surface area (Å²) in [4.78, 5) is 0. The van der Waals surface area contributed by atoms with E-state index in [0.717, 1.165) is 5.69 Å². The molecule has 0 saturated heterocycles. The number of anilines is 1. The predicted octanol–water partition coefficient (Wildman–Crippen LogP) is 2.61. The first-order valence-corrected chi connectivity index (χ1v) is 5.38. The lowest BCUT2D eigenvalue weighted by Crippen LogP contribution is -2.03. The van der Waals surface area contributed by atoms with E-state index in [0.29, 0.717) is 22.8 Å². The molecule has 84 valence electrons. The highest BCUT2D eigenvalue weighted by Gasteiger charge is 2.05. The minimum Gasteiger partial charge on any atom is -0.378 e. The summed E-state index contributed by atoms with van der Waals surface area (Å²) in [5.41, 5.74) is 1.94. The summed E-state index contributed by atoms with van der Waals surface area (Å²) in [5, 5.41) is 20.3. The number of benzene rings is 1. The Morgan fingerprint density at radius 1 is 1.29 bits per heavy atom. The summed E-state index contributed by atoms with van der Waals surface area (Å²) in [7, 11) is 0. The van der Waals surface area contributed by atoms with E-state index >= 15 is 0 Å². The minimum atomic E-state index is 0.441. The lowest BCUT2D eigenvalue weighted by Gasteiger charge is -2.07. The molecule has 0 amide bonds. The second-order valence-electron chi connectivity index (χ2n) is 3.34. The fraction of sp³-hybridized carbons (Fsp3) is 0.0833. The summed E-state index contributed by atoms with van der Waals surface area (Å²) < 4.78 is 0. The van der Waals surface area contributed by atoms with Gasteiger partial charge >= 0.3 is 0 Å².